The third-order valence-corrected chi connectivity index (χ3v) is 2.24. The van der Waals surface area contributed by atoms with Gasteiger partial charge in [-0.3, -0.25) is 0 Å². The molecule has 0 bridgehead atoms. The molecular weight excluding hydrogens is 186 g/mol. The molecule has 84 valence electrons. The van der Waals surface area contributed by atoms with Crippen molar-refractivity contribution in [1.29, 1.82) is 0 Å². The molecule has 0 N–H and O–H groups in total. The molecule has 0 radical (unpaired) electrons. The average Bonchev–Trinajstić information content (AvgIpc) is 2.25. The molecule has 0 amide bonds. The second-order valence-electron chi connectivity index (χ2n) is 4.05. The Labute approximate surface area is 92.9 Å². The maximum Gasteiger partial charge on any atom is 0.119 e. The lowest BCUT2D eigenvalue weighted by atomic mass is 10.1. The Morgan fingerprint density at radius 3 is 2.33 bits per heavy atom. The number of ether oxygens (including phenoxy) is 1. The van der Waals surface area contributed by atoms with Crippen molar-refractivity contribution in [3.63, 3.8) is 0 Å². The van der Waals surface area contributed by atoms with Crippen LogP contribution in [0.15, 0.2) is 24.3 Å². The summed E-state index contributed by atoms with van der Waals surface area (Å²) in [6, 6.07) is 8.41. The first kappa shape index (κ1) is 12.1. The number of benzene rings is 1. The highest BCUT2D eigenvalue weighted by Crippen LogP contribution is 2.12. The molecule has 15 heavy (non-hydrogen) atoms. The minimum absolute atomic E-state index is 0.803. The van der Waals surface area contributed by atoms with Gasteiger partial charge in [-0.1, -0.05) is 19.1 Å². The van der Waals surface area contributed by atoms with Crippen molar-refractivity contribution in [2.24, 2.45) is 0 Å². The van der Waals surface area contributed by atoms with Gasteiger partial charge in [0.1, 0.15) is 5.75 Å². The van der Waals surface area contributed by atoms with Crippen molar-refractivity contribution < 1.29 is 4.74 Å². The number of likely N-dealkylation sites (N-methyl/N-ethyl adjacent to an activating group) is 1. The number of hydrogen-bond acceptors (Lipinski definition) is 2. The van der Waals surface area contributed by atoms with Gasteiger partial charge in [-0.15, -0.1) is 0 Å². The fraction of sp³-hybridized carbons (Fsp3) is 0.538. The molecule has 0 aromatic heterocycles. The molecule has 0 heterocycles. The van der Waals surface area contributed by atoms with Crippen molar-refractivity contribution >= 4 is 0 Å². The van der Waals surface area contributed by atoms with Gasteiger partial charge in [-0.05, 0) is 44.6 Å². The Morgan fingerprint density at radius 2 is 1.80 bits per heavy atom. The summed E-state index contributed by atoms with van der Waals surface area (Å²) in [6.07, 6.45) is 2.16. The third-order valence-electron chi connectivity index (χ3n) is 2.24. The van der Waals surface area contributed by atoms with Crippen LogP contribution in [0.5, 0.6) is 5.75 Å². The van der Waals surface area contributed by atoms with Crippen LogP contribution in [0.3, 0.4) is 0 Å². The molecular formula is C13H21NO. The van der Waals surface area contributed by atoms with E-state index in [2.05, 4.69) is 50.2 Å². The largest absolute Gasteiger partial charge is 0.494 e. The van der Waals surface area contributed by atoms with E-state index < -0.39 is 0 Å². The first-order chi connectivity index (χ1) is 7.22. The molecule has 1 aromatic rings. The molecule has 2 nitrogen and oxygen atoms in total. The molecule has 0 spiro atoms. The Kier molecular flexibility index (Phi) is 5.19. The van der Waals surface area contributed by atoms with Crippen molar-refractivity contribution in [1.82, 2.24) is 4.90 Å². The van der Waals surface area contributed by atoms with Crippen LogP contribution in [-0.4, -0.2) is 32.1 Å². The topological polar surface area (TPSA) is 12.5 Å². The van der Waals surface area contributed by atoms with Crippen LogP contribution in [0.4, 0.5) is 0 Å². The highest BCUT2D eigenvalue weighted by atomic mass is 16.5. The van der Waals surface area contributed by atoms with E-state index in [-0.39, 0.29) is 0 Å². The van der Waals surface area contributed by atoms with Crippen LogP contribution in [0, 0.1) is 0 Å². The molecule has 0 aliphatic carbocycles. The predicted molar refractivity (Wildman–Crippen MR) is 64.5 cm³/mol. The molecule has 0 saturated heterocycles. The maximum absolute atomic E-state index is 5.53. The van der Waals surface area contributed by atoms with Gasteiger partial charge in [0.05, 0.1) is 6.61 Å². The van der Waals surface area contributed by atoms with Gasteiger partial charge in [-0.2, -0.15) is 0 Å². The van der Waals surface area contributed by atoms with E-state index in [1.807, 2.05) is 0 Å². The quantitative estimate of drug-likeness (QED) is 0.711. The van der Waals surface area contributed by atoms with E-state index in [4.69, 9.17) is 4.74 Å². The van der Waals surface area contributed by atoms with Gasteiger partial charge in [-0.25, -0.2) is 0 Å². The smallest absolute Gasteiger partial charge is 0.119 e. The van der Waals surface area contributed by atoms with Gasteiger partial charge in [0.2, 0.25) is 0 Å². The highest BCUT2D eigenvalue weighted by molar-refractivity contribution is 5.27. The Morgan fingerprint density at radius 1 is 1.13 bits per heavy atom. The summed E-state index contributed by atoms with van der Waals surface area (Å²) in [5.41, 5.74) is 1.37. The molecule has 0 fully saturated rings. The van der Waals surface area contributed by atoms with Gasteiger partial charge in [0, 0.05) is 6.54 Å². The average molecular weight is 207 g/mol. The second-order valence-corrected chi connectivity index (χ2v) is 4.05. The summed E-state index contributed by atoms with van der Waals surface area (Å²) in [6.45, 7) is 4.01. The first-order valence-corrected chi connectivity index (χ1v) is 5.59. The molecule has 0 atom stereocenters. The van der Waals surface area contributed by atoms with E-state index in [0.29, 0.717) is 0 Å². The van der Waals surface area contributed by atoms with Crippen LogP contribution < -0.4 is 4.74 Å². The Balaban J connectivity index is 2.41. The monoisotopic (exact) mass is 207 g/mol. The van der Waals surface area contributed by atoms with E-state index in [9.17, 15) is 0 Å². The van der Waals surface area contributed by atoms with Gasteiger partial charge < -0.3 is 9.64 Å². The molecule has 0 saturated carbocycles. The highest BCUT2D eigenvalue weighted by Gasteiger charge is 1.96. The van der Waals surface area contributed by atoms with Crippen molar-refractivity contribution in [2.75, 3.05) is 27.2 Å². The zero-order chi connectivity index (χ0) is 11.1. The van der Waals surface area contributed by atoms with Gasteiger partial charge in [0.25, 0.3) is 0 Å². The van der Waals surface area contributed by atoms with Crippen LogP contribution in [-0.2, 0) is 6.42 Å². The van der Waals surface area contributed by atoms with E-state index >= 15 is 0 Å². The van der Waals surface area contributed by atoms with Gasteiger partial charge >= 0.3 is 0 Å². The maximum atomic E-state index is 5.53. The van der Waals surface area contributed by atoms with Crippen molar-refractivity contribution in [3.8, 4) is 5.75 Å². The molecule has 2 heteroatoms. The van der Waals surface area contributed by atoms with Gasteiger partial charge in [0.15, 0.2) is 0 Å². The lowest BCUT2D eigenvalue weighted by Gasteiger charge is -2.09. The van der Waals surface area contributed by atoms with Crippen LogP contribution >= 0.6 is 0 Å². The molecule has 0 unspecified atom stereocenters. The van der Waals surface area contributed by atoms with E-state index in [1.165, 1.54) is 5.56 Å². The summed E-state index contributed by atoms with van der Waals surface area (Å²) in [7, 11) is 4.19. The zero-order valence-electron chi connectivity index (χ0n) is 9.99. The van der Waals surface area contributed by atoms with Crippen LogP contribution in [0.1, 0.15) is 18.9 Å². The fourth-order valence-electron chi connectivity index (χ4n) is 1.32. The predicted octanol–water partition coefficient (Wildman–Crippen LogP) is 2.58. The van der Waals surface area contributed by atoms with Crippen LogP contribution in [0.2, 0.25) is 0 Å². The molecule has 1 aromatic carbocycles. The lowest BCUT2D eigenvalue weighted by molar-refractivity contribution is 0.317. The van der Waals surface area contributed by atoms with E-state index in [1.54, 1.807) is 0 Å². The Hall–Kier alpha value is -1.02. The molecule has 1 rings (SSSR count). The molecule has 0 aliphatic heterocycles. The van der Waals surface area contributed by atoms with E-state index in [0.717, 1.165) is 31.7 Å². The van der Waals surface area contributed by atoms with Crippen molar-refractivity contribution in [3.05, 3.63) is 29.8 Å². The Bertz CT molecular complexity index is 266. The zero-order valence-corrected chi connectivity index (χ0v) is 9.99. The number of nitrogens with zero attached hydrogens (tertiary/aromatic N) is 1. The van der Waals surface area contributed by atoms with Crippen LogP contribution in [0.25, 0.3) is 0 Å². The SMILES string of the molecule is CCCOc1ccc(CCN(C)C)cc1. The molecule has 0 aliphatic rings. The second kappa shape index (κ2) is 6.46. The summed E-state index contributed by atoms with van der Waals surface area (Å²) in [4.78, 5) is 2.20. The number of rotatable bonds is 6. The summed E-state index contributed by atoms with van der Waals surface area (Å²) in [5, 5.41) is 0. The minimum Gasteiger partial charge on any atom is -0.494 e. The summed E-state index contributed by atoms with van der Waals surface area (Å²) < 4.78 is 5.53. The standard InChI is InChI=1S/C13H21NO/c1-4-11-15-13-7-5-12(6-8-13)9-10-14(2)3/h5-8H,4,9-11H2,1-3H3. The third kappa shape index (κ3) is 4.84. The van der Waals surface area contributed by atoms with Crippen molar-refractivity contribution in [2.45, 2.75) is 19.8 Å². The fourth-order valence-corrected chi connectivity index (χ4v) is 1.32. The summed E-state index contributed by atoms with van der Waals surface area (Å²) >= 11 is 0. The lowest BCUT2D eigenvalue weighted by Crippen LogP contribution is -2.14. The summed E-state index contributed by atoms with van der Waals surface area (Å²) in [5.74, 6) is 0.977. The minimum atomic E-state index is 0.803. The normalized spacial score (nSPS) is 10.7. The number of hydrogen-bond donors (Lipinski definition) is 0. The first-order valence-electron chi connectivity index (χ1n) is 5.59.